The van der Waals surface area contributed by atoms with E-state index in [1.54, 1.807) is 13.2 Å². The van der Waals surface area contributed by atoms with Gasteiger partial charge in [0.2, 0.25) is 5.91 Å². The molecule has 4 rings (SSSR count). The number of amides is 1. The summed E-state index contributed by atoms with van der Waals surface area (Å²) in [4.78, 5) is 27.4. The summed E-state index contributed by atoms with van der Waals surface area (Å²) in [6, 6.07) is 15.7. The first-order valence-corrected chi connectivity index (χ1v) is 13.8. The van der Waals surface area contributed by atoms with Crippen LogP contribution in [0.5, 0.6) is 11.5 Å². The fraction of sp³-hybridized carbons (Fsp3) is 0.548. The Bertz CT molecular complexity index is 1060. The van der Waals surface area contributed by atoms with Crippen molar-refractivity contribution < 1.29 is 24.2 Å². The number of aromatic hydroxyl groups is 1. The molecule has 2 fully saturated rings. The van der Waals surface area contributed by atoms with Crippen LogP contribution in [0.3, 0.4) is 0 Å². The lowest BCUT2D eigenvalue weighted by Crippen LogP contribution is -2.45. The molecule has 214 valence electrons. The number of phenols is 1. The maximum atomic E-state index is 13.3. The first-order chi connectivity index (χ1) is 18.6. The second-order valence-electron chi connectivity index (χ2n) is 11.5. The Labute approximate surface area is 233 Å². The number of hydrogen-bond donors (Lipinski definition) is 2. The van der Waals surface area contributed by atoms with Gasteiger partial charge in [-0.1, -0.05) is 30.3 Å². The van der Waals surface area contributed by atoms with Crippen molar-refractivity contribution in [1.82, 2.24) is 15.1 Å². The standard InChI is InChI=1S/C26H35N3O3.C5H10O2/c1-27-23(22-5-3-4-6-24(22)30)11-15-28-16-12-26(13-17-28)14-18-29(25(26)31)19-20-7-9-21(32-2)10-8-20;1-5(2,3)7-4-6/h3-10,23,27,30H,11-19H2,1-2H3;4H,1-3H3. The normalized spacial score (nSPS) is 17.9. The smallest absolute Gasteiger partial charge is 0.293 e. The topological polar surface area (TPSA) is 91.3 Å². The Kier molecular flexibility index (Phi) is 10.8. The van der Waals surface area contributed by atoms with E-state index >= 15 is 0 Å². The largest absolute Gasteiger partial charge is 0.508 e. The highest BCUT2D eigenvalue weighted by atomic mass is 16.5. The summed E-state index contributed by atoms with van der Waals surface area (Å²) >= 11 is 0. The van der Waals surface area contributed by atoms with Crippen LogP contribution < -0.4 is 10.1 Å². The van der Waals surface area contributed by atoms with Crippen LogP contribution >= 0.6 is 0 Å². The number of carbonyl (C=O) groups is 2. The van der Waals surface area contributed by atoms with Crippen molar-refractivity contribution in [2.24, 2.45) is 5.41 Å². The SMILES string of the molecule is CC(C)(C)OC=O.CNC(CCN1CCC2(CC1)CCN(Cc1ccc(OC)cc1)C2=O)c1ccccc1O. The van der Waals surface area contributed by atoms with E-state index in [-0.39, 0.29) is 17.1 Å². The van der Waals surface area contributed by atoms with Crippen molar-refractivity contribution in [3.63, 3.8) is 0 Å². The Morgan fingerprint density at radius 1 is 1.05 bits per heavy atom. The first kappa shape index (κ1) is 30.4. The van der Waals surface area contributed by atoms with Gasteiger partial charge in [0.25, 0.3) is 6.47 Å². The zero-order valence-corrected chi connectivity index (χ0v) is 24.1. The highest BCUT2D eigenvalue weighted by Crippen LogP contribution is 2.42. The number of likely N-dealkylation sites (tertiary alicyclic amines) is 2. The van der Waals surface area contributed by atoms with E-state index in [9.17, 15) is 14.7 Å². The number of nitrogens with one attached hydrogen (secondary N) is 1. The summed E-state index contributed by atoms with van der Waals surface area (Å²) in [5.41, 5.74) is 1.60. The lowest BCUT2D eigenvalue weighted by molar-refractivity contribution is -0.139. The van der Waals surface area contributed by atoms with Crippen LogP contribution in [0.4, 0.5) is 0 Å². The van der Waals surface area contributed by atoms with E-state index in [1.807, 2.05) is 75.2 Å². The van der Waals surface area contributed by atoms with E-state index < -0.39 is 0 Å². The number of rotatable bonds is 9. The molecule has 1 unspecified atom stereocenters. The summed E-state index contributed by atoms with van der Waals surface area (Å²) in [5.74, 6) is 1.52. The van der Waals surface area contributed by atoms with Crippen LogP contribution in [-0.2, 0) is 20.9 Å². The third kappa shape index (κ3) is 8.44. The van der Waals surface area contributed by atoms with E-state index in [0.29, 0.717) is 24.7 Å². The number of benzene rings is 2. The molecule has 1 amide bonds. The summed E-state index contributed by atoms with van der Waals surface area (Å²) < 4.78 is 9.78. The van der Waals surface area contributed by atoms with Gasteiger partial charge >= 0.3 is 0 Å². The predicted molar refractivity (Wildman–Crippen MR) is 153 cm³/mol. The first-order valence-electron chi connectivity index (χ1n) is 13.8. The molecule has 2 aliphatic heterocycles. The number of nitrogens with zero attached hydrogens (tertiary/aromatic N) is 2. The summed E-state index contributed by atoms with van der Waals surface area (Å²) in [6.45, 7) is 10.3. The van der Waals surface area contributed by atoms with E-state index in [0.717, 1.165) is 68.7 Å². The molecular weight excluding hydrogens is 494 g/mol. The number of hydrogen-bond acceptors (Lipinski definition) is 7. The summed E-state index contributed by atoms with van der Waals surface area (Å²) in [7, 11) is 3.61. The number of ether oxygens (including phenoxy) is 2. The average Bonchev–Trinajstić information content (AvgIpc) is 3.21. The summed E-state index contributed by atoms with van der Waals surface area (Å²) in [5, 5.41) is 13.5. The Balaban J connectivity index is 0.000000532. The molecule has 2 N–H and O–H groups in total. The molecule has 0 aromatic heterocycles. The van der Waals surface area contributed by atoms with Gasteiger partial charge < -0.3 is 29.7 Å². The minimum Gasteiger partial charge on any atom is -0.508 e. The Hall–Kier alpha value is -3.10. The van der Waals surface area contributed by atoms with Crippen molar-refractivity contribution in [1.29, 1.82) is 0 Å². The van der Waals surface area contributed by atoms with Gasteiger partial charge in [0.1, 0.15) is 17.1 Å². The molecule has 0 radical (unpaired) electrons. The van der Waals surface area contributed by atoms with Crippen molar-refractivity contribution >= 4 is 12.4 Å². The van der Waals surface area contributed by atoms with Crippen molar-refractivity contribution in [3.05, 3.63) is 59.7 Å². The number of carbonyl (C=O) groups excluding carboxylic acids is 2. The molecular formula is C31H45N3O5. The predicted octanol–water partition coefficient (Wildman–Crippen LogP) is 4.52. The lowest BCUT2D eigenvalue weighted by atomic mass is 9.77. The van der Waals surface area contributed by atoms with Gasteiger partial charge in [0.05, 0.1) is 12.5 Å². The molecule has 0 saturated carbocycles. The summed E-state index contributed by atoms with van der Waals surface area (Å²) in [6.07, 6.45) is 3.77. The zero-order valence-electron chi connectivity index (χ0n) is 24.1. The van der Waals surface area contributed by atoms with Crippen LogP contribution in [0.25, 0.3) is 0 Å². The highest BCUT2D eigenvalue weighted by molar-refractivity contribution is 5.85. The van der Waals surface area contributed by atoms with Gasteiger partial charge in [-0.05, 0) is 96.9 Å². The lowest BCUT2D eigenvalue weighted by Gasteiger charge is -2.38. The van der Waals surface area contributed by atoms with Crippen molar-refractivity contribution in [2.75, 3.05) is 40.3 Å². The average molecular weight is 540 g/mol. The minimum atomic E-state index is -0.318. The highest BCUT2D eigenvalue weighted by Gasteiger charge is 2.47. The quantitative estimate of drug-likeness (QED) is 0.453. The van der Waals surface area contributed by atoms with Gasteiger partial charge in [-0.15, -0.1) is 0 Å². The van der Waals surface area contributed by atoms with E-state index in [2.05, 4.69) is 15.0 Å². The number of para-hydroxylation sites is 1. The Morgan fingerprint density at radius 2 is 1.69 bits per heavy atom. The van der Waals surface area contributed by atoms with Crippen LogP contribution in [0.2, 0.25) is 0 Å². The van der Waals surface area contributed by atoms with Crippen molar-refractivity contribution in [2.45, 2.75) is 64.6 Å². The molecule has 0 aliphatic carbocycles. The van der Waals surface area contributed by atoms with Crippen molar-refractivity contribution in [3.8, 4) is 11.5 Å². The fourth-order valence-electron chi connectivity index (χ4n) is 5.36. The van der Waals surface area contributed by atoms with Gasteiger partial charge in [0, 0.05) is 24.7 Å². The molecule has 8 heteroatoms. The molecule has 2 aromatic rings. The number of piperidine rings is 1. The van der Waals surface area contributed by atoms with E-state index in [1.165, 1.54) is 0 Å². The maximum absolute atomic E-state index is 13.3. The second kappa shape index (κ2) is 13.8. The van der Waals surface area contributed by atoms with Gasteiger partial charge in [0.15, 0.2) is 0 Å². The van der Waals surface area contributed by atoms with Gasteiger partial charge in [-0.25, -0.2) is 0 Å². The van der Waals surface area contributed by atoms with Gasteiger partial charge in [-0.2, -0.15) is 0 Å². The van der Waals surface area contributed by atoms with Crippen LogP contribution in [-0.4, -0.2) is 73.2 Å². The minimum absolute atomic E-state index is 0.125. The van der Waals surface area contributed by atoms with E-state index in [4.69, 9.17) is 4.74 Å². The maximum Gasteiger partial charge on any atom is 0.293 e. The zero-order chi connectivity index (χ0) is 28.5. The molecule has 2 aliphatic rings. The molecule has 2 heterocycles. The van der Waals surface area contributed by atoms with Crippen LogP contribution in [0, 0.1) is 5.41 Å². The molecule has 1 atom stereocenters. The van der Waals surface area contributed by atoms with Crippen LogP contribution in [0.15, 0.2) is 48.5 Å². The molecule has 1 spiro atoms. The molecule has 39 heavy (non-hydrogen) atoms. The molecule has 8 nitrogen and oxygen atoms in total. The number of methoxy groups -OCH3 is 1. The fourth-order valence-corrected chi connectivity index (χ4v) is 5.36. The molecule has 2 saturated heterocycles. The van der Waals surface area contributed by atoms with Gasteiger partial charge in [-0.3, -0.25) is 9.59 Å². The third-order valence-corrected chi connectivity index (χ3v) is 7.74. The third-order valence-electron chi connectivity index (χ3n) is 7.74. The second-order valence-corrected chi connectivity index (χ2v) is 11.5. The monoisotopic (exact) mass is 539 g/mol. The number of phenolic OH excluding ortho intramolecular Hbond substituents is 1. The molecule has 2 aromatic carbocycles. The Morgan fingerprint density at radius 3 is 2.23 bits per heavy atom. The molecule has 0 bridgehead atoms. The van der Waals surface area contributed by atoms with Crippen LogP contribution in [0.1, 0.15) is 63.6 Å².